The minimum Gasteiger partial charge on any atom is -0.397 e. The summed E-state index contributed by atoms with van der Waals surface area (Å²) in [7, 11) is 0. The van der Waals surface area contributed by atoms with Crippen molar-refractivity contribution in [2.45, 2.75) is 0 Å². The number of hydrogen-bond acceptors (Lipinski definition) is 7. The van der Waals surface area contributed by atoms with E-state index >= 15 is 0 Å². The Balaban J connectivity index is 1.97. The quantitative estimate of drug-likeness (QED) is 0.716. The number of aromatic nitrogens is 5. The molecule has 7 nitrogen and oxygen atoms in total. The summed E-state index contributed by atoms with van der Waals surface area (Å²) >= 11 is 0. The van der Waals surface area contributed by atoms with E-state index in [2.05, 4.69) is 25.1 Å². The SMILES string of the molecule is Nc1ccc(-c2nc(-c3ncccn3)no2)nc1. The van der Waals surface area contributed by atoms with Crippen LogP contribution in [0.25, 0.3) is 23.2 Å². The molecule has 0 amide bonds. The van der Waals surface area contributed by atoms with Gasteiger partial charge in [-0.2, -0.15) is 4.98 Å². The summed E-state index contributed by atoms with van der Waals surface area (Å²) in [6, 6.07) is 5.13. The van der Waals surface area contributed by atoms with Crippen LogP contribution in [0.3, 0.4) is 0 Å². The predicted octanol–water partition coefficient (Wildman–Crippen LogP) is 1.17. The zero-order chi connectivity index (χ0) is 12.4. The van der Waals surface area contributed by atoms with E-state index in [4.69, 9.17) is 10.3 Å². The Bertz CT molecular complexity index is 649. The third-order valence-corrected chi connectivity index (χ3v) is 2.20. The van der Waals surface area contributed by atoms with Gasteiger partial charge in [0.05, 0.1) is 11.9 Å². The van der Waals surface area contributed by atoms with Crippen LogP contribution in [0, 0.1) is 0 Å². The lowest BCUT2D eigenvalue weighted by molar-refractivity contribution is 0.430. The summed E-state index contributed by atoms with van der Waals surface area (Å²) in [6.07, 6.45) is 4.75. The maximum Gasteiger partial charge on any atom is 0.276 e. The second-order valence-corrected chi connectivity index (χ2v) is 3.47. The molecule has 3 rings (SSSR count). The number of nitrogens with zero attached hydrogens (tertiary/aromatic N) is 5. The van der Waals surface area contributed by atoms with Crippen LogP contribution in [-0.2, 0) is 0 Å². The minimum absolute atomic E-state index is 0.303. The molecule has 0 fully saturated rings. The summed E-state index contributed by atoms with van der Waals surface area (Å²) in [5.41, 5.74) is 6.68. The van der Waals surface area contributed by atoms with E-state index in [0.29, 0.717) is 28.9 Å². The zero-order valence-electron chi connectivity index (χ0n) is 9.19. The molecule has 0 aliphatic carbocycles. The lowest BCUT2D eigenvalue weighted by Gasteiger charge is -1.93. The van der Waals surface area contributed by atoms with Crippen LogP contribution in [0.1, 0.15) is 0 Å². The highest BCUT2D eigenvalue weighted by Gasteiger charge is 2.12. The van der Waals surface area contributed by atoms with E-state index in [1.807, 2.05) is 0 Å². The van der Waals surface area contributed by atoms with Gasteiger partial charge in [-0.15, -0.1) is 0 Å². The zero-order valence-corrected chi connectivity index (χ0v) is 9.19. The lowest BCUT2D eigenvalue weighted by Crippen LogP contribution is -1.90. The van der Waals surface area contributed by atoms with Gasteiger partial charge in [0.25, 0.3) is 5.89 Å². The van der Waals surface area contributed by atoms with Gasteiger partial charge >= 0.3 is 0 Å². The summed E-state index contributed by atoms with van der Waals surface area (Å²) in [4.78, 5) is 16.3. The van der Waals surface area contributed by atoms with Crippen molar-refractivity contribution in [1.29, 1.82) is 0 Å². The van der Waals surface area contributed by atoms with E-state index in [1.165, 1.54) is 6.20 Å². The summed E-state index contributed by atoms with van der Waals surface area (Å²) in [5.74, 6) is 1.03. The standard InChI is InChI=1S/C11H8N6O/c12-7-2-3-8(15-6-7)11-16-10(17-18-11)9-13-4-1-5-14-9/h1-6H,12H2. The van der Waals surface area contributed by atoms with Crippen LogP contribution in [-0.4, -0.2) is 25.1 Å². The van der Waals surface area contributed by atoms with Gasteiger partial charge in [-0.05, 0) is 18.2 Å². The van der Waals surface area contributed by atoms with Gasteiger partial charge in [0, 0.05) is 12.4 Å². The van der Waals surface area contributed by atoms with Crippen LogP contribution in [0.4, 0.5) is 5.69 Å². The molecule has 0 radical (unpaired) electrons. The van der Waals surface area contributed by atoms with Gasteiger partial charge < -0.3 is 10.3 Å². The molecule has 7 heteroatoms. The van der Waals surface area contributed by atoms with Gasteiger partial charge in [0.1, 0.15) is 5.69 Å². The van der Waals surface area contributed by atoms with E-state index < -0.39 is 0 Å². The highest BCUT2D eigenvalue weighted by molar-refractivity contribution is 5.53. The number of nitrogen functional groups attached to an aromatic ring is 1. The second-order valence-electron chi connectivity index (χ2n) is 3.47. The maximum atomic E-state index is 5.55. The molecule has 3 aromatic heterocycles. The van der Waals surface area contributed by atoms with Gasteiger partial charge in [0.15, 0.2) is 0 Å². The van der Waals surface area contributed by atoms with Crippen molar-refractivity contribution in [3.05, 3.63) is 36.8 Å². The molecular formula is C11H8N6O. The van der Waals surface area contributed by atoms with Crippen LogP contribution < -0.4 is 5.73 Å². The first kappa shape index (κ1) is 10.3. The van der Waals surface area contributed by atoms with Crippen molar-refractivity contribution in [3.63, 3.8) is 0 Å². The molecule has 0 unspecified atom stereocenters. The smallest absolute Gasteiger partial charge is 0.276 e. The highest BCUT2D eigenvalue weighted by Crippen LogP contribution is 2.18. The molecule has 0 spiro atoms. The van der Waals surface area contributed by atoms with Gasteiger partial charge in [-0.1, -0.05) is 5.16 Å². The van der Waals surface area contributed by atoms with Gasteiger partial charge in [-0.3, -0.25) is 0 Å². The molecule has 0 aliphatic rings. The monoisotopic (exact) mass is 240 g/mol. The molecule has 88 valence electrons. The Kier molecular flexibility index (Phi) is 2.41. The maximum absolute atomic E-state index is 5.55. The van der Waals surface area contributed by atoms with E-state index in [1.54, 1.807) is 30.6 Å². The van der Waals surface area contributed by atoms with Crippen LogP contribution in [0.15, 0.2) is 41.3 Å². The first-order valence-electron chi connectivity index (χ1n) is 5.16. The summed E-state index contributed by atoms with van der Waals surface area (Å²) < 4.78 is 5.10. The fourth-order valence-electron chi connectivity index (χ4n) is 1.36. The van der Waals surface area contributed by atoms with Crippen LogP contribution >= 0.6 is 0 Å². The number of rotatable bonds is 2. The topological polar surface area (TPSA) is 104 Å². The van der Waals surface area contributed by atoms with Crippen molar-refractivity contribution >= 4 is 5.69 Å². The van der Waals surface area contributed by atoms with Crippen molar-refractivity contribution in [1.82, 2.24) is 25.1 Å². The highest BCUT2D eigenvalue weighted by atomic mass is 16.5. The van der Waals surface area contributed by atoms with Crippen molar-refractivity contribution in [2.24, 2.45) is 0 Å². The first-order chi connectivity index (χ1) is 8.83. The van der Waals surface area contributed by atoms with Gasteiger partial charge in [0.2, 0.25) is 11.6 Å². The Morgan fingerprint density at radius 3 is 2.56 bits per heavy atom. The largest absolute Gasteiger partial charge is 0.397 e. The number of anilines is 1. The minimum atomic E-state index is 0.303. The summed E-state index contributed by atoms with van der Waals surface area (Å²) in [6.45, 7) is 0. The third kappa shape index (κ3) is 1.88. The average molecular weight is 240 g/mol. The number of hydrogen-bond donors (Lipinski definition) is 1. The molecule has 0 atom stereocenters. The fourth-order valence-corrected chi connectivity index (χ4v) is 1.36. The summed E-state index contributed by atoms with van der Waals surface area (Å²) in [5, 5.41) is 3.80. The van der Waals surface area contributed by atoms with E-state index in [-0.39, 0.29) is 0 Å². The number of nitrogens with two attached hydrogens (primary N) is 1. The first-order valence-corrected chi connectivity index (χ1v) is 5.16. The molecule has 0 saturated heterocycles. The van der Waals surface area contributed by atoms with Crippen molar-refractivity contribution in [2.75, 3.05) is 5.73 Å². The van der Waals surface area contributed by atoms with E-state index in [0.717, 1.165) is 0 Å². The molecule has 18 heavy (non-hydrogen) atoms. The Hall–Kier alpha value is -2.83. The third-order valence-electron chi connectivity index (χ3n) is 2.20. The molecule has 3 heterocycles. The normalized spacial score (nSPS) is 10.4. The van der Waals surface area contributed by atoms with E-state index in [9.17, 15) is 0 Å². The Morgan fingerprint density at radius 1 is 1.00 bits per heavy atom. The molecular weight excluding hydrogens is 232 g/mol. The fraction of sp³-hybridized carbons (Fsp3) is 0. The van der Waals surface area contributed by atoms with Gasteiger partial charge in [-0.25, -0.2) is 15.0 Å². The Morgan fingerprint density at radius 2 is 1.83 bits per heavy atom. The van der Waals surface area contributed by atoms with Crippen LogP contribution in [0.2, 0.25) is 0 Å². The molecule has 0 bridgehead atoms. The molecule has 0 saturated carbocycles. The molecule has 0 aromatic carbocycles. The van der Waals surface area contributed by atoms with Crippen LogP contribution in [0.5, 0.6) is 0 Å². The predicted molar refractivity (Wildman–Crippen MR) is 63.0 cm³/mol. The average Bonchev–Trinajstić information content (AvgIpc) is 2.90. The van der Waals surface area contributed by atoms with Crippen molar-refractivity contribution < 1.29 is 4.52 Å². The number of pyridine rings is 1. The second kappa shape index (κ2) is 4.21. The molecule has 0 aliphatic heterocycles. The molecule has 2 N–H and O–H groups in total. The van der Waals surface area contributed by atoms with Crippen molar-refractivity contribution in [3.8, 4) is 23.2 Å². The lowest BCUT2D eigenvalue weighted by atomic mass is 10.3. The molecule has 3 aromatic rings. The Labute approximate surface area is 102 Å².